The van der Waals surface area contributed by atoms with E-state index in [4.69, 9.17) is 17.0 Å². The Bertz CT molecular complexity index is 1090. The van der Waals surface area contributed by atoms with E-state index in [-0.39, 0.29) is 5.56 Å². The number of hydrogen-bond acceptors (Lipinski definition) is 4. The van der Waals surface area contributed by atoms with Crippen LogP contribution < -0.4 is 15.6 Å². The fourth-order valence-electron chi connectivity index (χ4n) is 4.10. The number of benzene rings is 1. The summed E-state index contributed by atoms with van der Waals surface area (Å²) in [6, 6.07) is 11.9. The molecular formula is C24H28N4O2S. The predicted octanol–water partition coefficient (Wildman–Crippen LogP) is 4.14. The van der Waals surface area contributed by atoms with Gasteiger partial charge in [-0.15, -0.1) is 0 Å². The van der Waals surface area contributed by atoms with Crippen LogP contribution in [0.25, 0.3) is 10.9 Å². The number of rotatable bonds is 6. The van der Waals surface area contributed by atoms with Crippen molar-refractivity contribution in [3.63, 3.8) is 0 Å². The minimum absolute atomic E-state index is 0.102. The van der Waals surface area contributed by atoms with Crippen LogP contribution in [0.4, 0.5) is 0 Å². The van der Waals surface area contributed by atoms with Gasteiger partial charge in [0.25, 0.3) is 5.56 Å². The Morgan fingerprint density at radius 3 is 2.81 bits per heavy atom. The number of aromatic amines is 1. The molecule has 2 aromatic heterocycles. The SMILES string of the molecule is COc1ccc2[nH]c(=O)c(CN(Cc3cccnc3)C(=S)NC3CCCCC3)cc2c1. The zero-order chi connectivity index (χ0) is 21.6. The lowest BCUT2D eigenvalue weighted by molar-refractivity contribution is 0.362. The summed E-state index contributed by atoms with van der Waals surface area (Å²) in [5, 5.41) is 5.15. The maximum absolute atomic E-state index is 12.8. The van der Waals surface area contributed by atoms with Crippen molar-refractivity contribution >= 4 is 28.2 Å². The Hall–Kier alpha value is -2.93. The third-order valence-electron chi connectivity index (χ3n) is 5.81. The molecule has 1 aromatic carbocycles. The van der Waals surface area contributed by atoms with Gasteiger partial charge in [0.05, 0.1) is 13.7 Å². The summed E-state index contributed by atoms with van der Waals surface area (Å²) in [4.78, 5) is 22.1. The van der Waals surface area contributed by atoms with Crippen molar-refractivity contribution in [2.45, 2.75) is 51.2 Å². The molecule has 162 valence electrons. The lowest BCUT2D eigenvalue weighted by atomic mass is 9.96. The zero-order valence-electron chi connectivity index (χ0n) is 17.8. The van der Waals surface area contributed by atoms with Crippen molar-refractivity contribution in [3.05, 3.63) is 70.3 Å². The van der Waals surface area contributed by atoms with Crippen LogP contribution in [-0.4, -0.2) is 33.1 Å². The number of nitrogens with one attached hydrogen (secondary N) is 2. The highest BCUT2D eigenvalue weighted by Crippen LogP contribution is 2.21. The number of hydrogen-bond donors (Lipinski definition) is 2. The monoisotopic (exact) mass is 436 g/mol. The predicted molar refractivity (Wildman–Crippen MR) is 127 cm³/mol. The Morgan fingerprint density at radius 2 is 2.06 bits per heavy atom. The second kappa shape index (κ2) is 9.92. The standard InChI is InChI=1S/C24H28N4O2S/c1-30-21-9-10-22-18(13-21)12-19(23(29)27-22)16-28(15-17-6-5-11-25-14-17)24(31)26-20-7-3-2-4-8-20/h5-6,9-14,20H,2-4,7-8,15-16H2,1H3,(H,26,31)(H,27,29). The van der Waals surface area contributed by atoms with Gasteiger partial charge < -0.3 is 19.9 Å². The van der Waals surface area contributed by atoms with E-state index in [1.807, 2.05) is 42.6 Å². The minimum atomic E-state index is -0.102. The largest absolute Gasteiger partial charge is 0.497 e. The second-order valence-corrected chi connectivity index (χ2v) is 8.47. The number of H-pyrrole nitrogens is 1. The van der Waals surface area contributed by atoms with E-state index < -0.39 is 0 Å². The van der Waals surface area contributed by atoms with Crippen LogP contribution in [0.2, 0.25) is 0 Å². The average Bonchev–Trinajstić information content (AvgIpc) is 2.80. The van der Waals surface area contributed by atoms with E-state index in [1.54, 1.807) is 13.3 Å². The molecule has 1 fully saturated rings. The van der Waals surface area contributed by atoms with Gasteiger partial charge in [-0.1, -0.05) is 25.3 Å². The number of thiocarbonyl (C=S) groups is 1. The van der Waals surface area contributed by atoms with Crippen molar-refractivity contribution in [1.29, 1.82) is 0 Å². The summed E-state index contributed by atoms with van der Waals surface area (Å²) in [5.74, 6) is 0.757. The molecule has 2 heterocycles. The van der Waals surface area contributed by atoms with Crippen LogP contribution in [0.5, 0.6) is 5.75 Å². The van der Waals surface area contributed by atoms with Crippen molar-refractivity contribution < 1.29 is 4.74 Å². The fraction of sp³-hybridized carbons (Fsp3) is 0.375. The first-order valence-electron chi connectivity index (χ1n) is 10.8. The average molecular weight is 437 g/mol. The van der Waals surface area contributed by atoms with E-state index in [2.05, 4.69) is 20.2 Å². The molecule has 7 heteroatoms. The van der Waals surface area contributed by atoms with Crippen molar-refractivity contribution in [1.82, 2.24) is 20.2 Å². The van der Waals surface area contributed by atoms with Crippen molar-refractivity contribution in [3.8, 4) is 5.75 Å². The molecule has 0 aliphatic heterocycles. The highest BCUT2D eigenvalue weighted by molar-refractivity contribution is 7.80. The van der Waals surface area contributed by atoms with Crippen molar-refractivity contribution in [2.24, 2.45) is 0 Å². The lowest BCUT2D eigenvalue weighted by Gasteiger charge is -2.31. The van der Waals surface area contributed by atoms with Gasteiger partial charge in [0.15, 0.2) is 5.11 Å². The minimum Gasteiger partial charge on any atom is -0.497 e. The molecule has 0 radical (unpaired) electrons. The molecule has 0 unspecified atom stereocenters. The Morgan fingerprint density at radius 1 is 1.23 bits per heavy atom. The number of pyridine rings is 2. The smallest absolute Gasteiger partial charge is 0.253 e. The fourth-order valence-corrected chi connectivity index (χ4v) is 4.40. The molecule has 0 amide bonds. The van der Waals surface area contributed by atoms with E-state index in [9.17, 15) is 4.79 Å². The summed E-state index contributed by atoms with van der Waals surface area (Å²) in [6.07, 6.45) is 9.62. The Kier molecular flexibility index (Phi) is 6.82. The van der Waals surface area contributed by atoms with E-state index in [1.165, 1.54) is 19.3 Å². The maximum Gasteiger partial charge on any atom is 0.253 e. The van der Waals surface area contributed by atoms with Gasteiger partial charge in [0.2, 0.25) is 0 Å². The van der Waals surface area contributed by atoms with Crippen LogP contribution in [0, 0.1) is 0 Å². The van der Waals surface area contributed by atoms with E-state index in [0.29, 0.717) is 29.8 Å². The topological polar surface area (TPSA) is 70.2 Å². The molecule has 31 heavy (non-hydrogen) atoms. The first-order chi connectivity index (χ1) is 15.1. The molecule has 1 aliphatic carbocycles. The zero-order valence-corrected chi connectivity index (χ0v) is 18.6. The molecule has 1 saturated carbocycles. The van der Waals surface area contributed by atoms with Crippen LogP contribution >= 0.6 is 12.2 Å². The van der Waals surface area contributed by atoms with E-state index in [0.717, 1.165) is 35.1 Å². The number of fused-ring (bicyclic) bond motifs is 1. The van der Waals surface area contributed by atoms with Gasteiger partial charge in [-0.25, -0.2) is 0 Å². The van der Waals surface area contributed by atoms with Crippen molar-refractivity contribution in [2.75, 3.05) is 7.11 Å². The van der Waals surface area contributed by atoms with Gasteiger partial charge in [-0.05, 0) is 61.0 Å². The molecule has 0 saturated heterocycles. The quantitative estimate of drug-likeness (QED) is 0.566. The van der Waals surface area contributed by atoms with Crippen LogP contribution in [0.3, 0.4) is 0 Å². The van der Waals surface area contributed by atoms with Gasteiger partial charge >= 0.3 is 0 Å². The Labute approximate surface area is 187 Å². The molecule has 2 N–H and O–H groups in total. The summed E-state index contributed by atoms with van der Waals surface area (Å²) >= 11 is 5.80. The molecule has 3 aromatic rings. The molecule has 4 rings (SSSR count). The maximum atomic E-state index is 12.8. The normalized spacial score (nSPS) is 14.4. The lowest BCUT2D eigenvalue weighted by Crippen LogP contribution is -2.45. The summed E-state index contributed by atoms with van der Waals surface area (Å²) in [7, 11) is 1.64. The number of nitrogens with zero attached hydrogens (tertiary/aromatic N) is 2. The van der Waals surface area contributed by atoms with Crippen LogP contribution in [-0.2, 0) is 13.1 Å². The van der Waals surface area contributed by atoms with Gasteiger partial charge in [0, 0.05) is 41.4 Å². The second-order valence-electron chi connectivity index (χ2n) is 8.08. The molecular weight excluding hydrogens is 408 g/mol. The molecule has 0 atom stereocenters. The molecule has 1 aliphatic rings. The van der Waals surface area contributed by atoms with Gasteiger partial charge in [0.1, 0.15) is 5.75 Å². The summed E-state index contributed by atoms with van der Waals surface area (Å²) in [5.41, 5.74) is 2.40. The summed E-state index contributed by atoms with van der Waals surface area (Å²) in [6.45, 7) is 0.998. The van der Waals surface area contributed by atoms with Crippen LogP contribution in [0.15, 0.2) is 53.6 Å². The third-order valence-corrected chi connectivity index (χ3v) is 6.18. The highest BCUT2D eigenvalue weighted by Gasteiger charge is 2.19. The highest BCUT2D eigenvalue weighted by atomic mass is 32.1. The van der Waals surface area contributed by atoms with E-state index >= 15 is 0 Å². The summed E-state index contributed by atoms with van der Waals surface area (Å²) < 4.78 is 5.34. The number of ether oxygens (including phenoxy) is 1. The molecule has 0 bridgehead atoms. The van der Waals surface area contributed by atoms with Crippen LogP contribution in [0.1, 0.15) is 43.2 Å². The molecule has 0 spiro atoms. The Balaban J connectivity index is 1.60. The molecule has 6 nitrogen and oxygen atoms in total. The third kappa shape index (κ3) is 5.41. The number of methoxy groups -OCH3 is 1. The van der Waals surface area contributed by atoms with Gasteiger partial charge in [-0.3, -0.25) is 9.78 Å². The first-order valence-corrected chi connectivity index (χ1v) is 11.2. The number of aromatic nitrogens is 2. The first kappa shape index (κ1) is 21.3. The van der Waals surface area contributed by atoms with Gasteiger partial charge in [-0.2, -0.15) is 0 Å².